The number of carbonyl (C=O) groups is 3. The summed E-state index contributed by atoms with van der Waals surface area (Å²) in [5.41, 5.74) is -2.04. The minimum Gasteiger partial charge on any atom is -0.466 e. The van der Waals surface area contributed by atoms with Gasteiger partial charge in [-0.1, -0.05) is 6.07 Å². The van der Waals surface area contributed by atoms with E-state index < -0.39 is 47.6 Å². The molecule has 1 fully saturated rings. The van der Waals surface area contributed by atoms with Gasteiger partial charge in [-0.15, -0.1) is 11.3 Å². The Kier molecular flexibility index (Phi) is 4.40. The van der Waals surface area contributed by atoms with Crippen LogP contribution in [0.2, 0.25) is 0 Å². The fourth-order valence-corrected chi connectivity index (χ4v) is 3.90. The molecule has 0 saturated heterocycles. The second-order valence-corrected chi connectivity index (χ2v) is 6.97. The van der Waals surface area contributed by atoms with E-state index in [4.69, 9.17) is 9.47 Å². The normalized spacial score (nSPS) is 33.9. The van der Waals surface area contributed by atoms with E-state index in [-0.39, 0.29) is 10.5 Å². The molecule has 5 atom stereocenters. The average Bonchev–Trinajstić information content (AvgIpc) is 3.17. The molecule has 3 rings (SSSR count). The van der Waals surface area contributed by atoms with E-state index in [9.17, 15) is 24.6 Å². The molecule has 0 spiro atoms. The quantitative estimate of drug-likeness (QED) is 0.575. The van der Waals surface area contributed by atoms with E-state index in [0.717, 1.165) is 24.7 Å². The van der Waals surface area contributed by atoms with Gasteiger partial charge < -0.3 is 24.4 Å². The van der Waals surface area contributed by atoms with Crippen LogP contribution in [0.3, 0.4) is 0 Å². The monoisotopic (exact) mass is 368 g/mol. The summed E-state index contributed by atoms with van der Waals surface area (Å²) in [4.78, 5) is 36.7. The van der Waals surface area contributed by atoms with Gasteiger partial charge in [-0.2, -0.15) is 0 Å². The van der Waals surface area contributed by atoms with Crippen LogP contribution in [0, 0.1) is 11.8 Å². The predicted octanol–water partition coefficient (Wildman–Crippen LogP) is 0.245. The maximum Gasteiger partial charge on any atom is 0.348 e. The fourth-order valence-electron chi connectivity index (χ4n) is 3.30. The standard InChI is InChI=1S/C16H16O8S/c1-16(21)10-9(7(13(18)22-2)6-23-15(10)20)11(12(16)17)24-14(19)8-4-3-5-25-8/h3-6,9-12,17,21H,1-2H3/t9-,10-,11+,12+,16-/m1/s1. The van der Waals surface area contributed by atoms with Crippen LogP contribution in [-0.2, 0) is 23.8 Å². The lowest BCUT2D eigenvalue weighted by Crippen LogP contribution is -2.46. The highest BCUT2D eigenvalue weighted by atomic mass is 32.1. The van der Waals surface area contributed by atoms with Crippen molar-refractivity contribution < 1.29 is 38.8 Å². The number of aliphatic hydroxyl groups is 2. The molecule has 1 aliphatic heterocycles. The van der Waals surface area contributed by atoms with Crippen molar-refractivity contribution in [3.63, 3.8) is 0 Å². The summed E-state index contributed by atoms with van der Waals surface area (Å²) >= 11 is 1.14. The molecule has 0 radical (unpaired) electrons. The molecule has 8 nitrogen and oxygen atoms in total. The Balaban J connectivity index is 1.99. The van der Waals surface area contributed by atoms with Crippen LogP contribution in [0.5, 0.6) is 0 Å². The van der Waals surface area contributed by atoms with Crippen LogP contribution in [0.25, 0.3) is 0 Å². The SMILES string of the molecule is COC(=O)C1=COC(=O)[C@H]2[C@@H]1[C@H](OC(=O)c1cccs1)[C@H](O)[C@]2(C)O. The van der Waals surface area contributed by atoms with Crippen molar-refractivity contribution in [2.24, 2.45) is 11.8 Å². The third-order valence-electron chi connectivity index (χ3n) is 4.55. The number of thiophene rings is 1. The first-order valence-electron chi connectivity index (χ1n) is 7.42. The van der Waals surface area contributed by atoms with Crippen LogP contribution >= 0.6 is 11.3 Å². The highest BCUT2D eigenvalue weighted by molar-refractivity contribution is 7.11. The van der Waals surface area contributed by atoms with Crippen molar-refractivity contribution in [2.45, 2.75) is 24.7 Å². The van der Waals surface area contributed by atoms with Gasteiger partial charge in [-0.25, -0.2) is 9.59 Å². The molecule has 2 aliphatic rings. The first kappa shape index (κ1) is 17.6. The lowest BCUT2D eigenvalue weighted by Gasteiger charge is -2.30. The second kappa shape index (κ2) is 6.25. The van der Waals surface area contributed by atoms with E-state index in [0.29, 0.717) is 0 Å². The maximum absolute atomic E-state index is 12.3. The van der Waals surface area contributed by atoms with Crippen molar-refractivity contribution in [1.29, 1.82) is 0 Å². The highest BCUT2D eigenvalue weighted by Crippen LogP contribution is 2.48. The molecular weight excluding hydrogens is 352 g/mol. The minimum absolute atomic E-state index is 0.0899. The Morgan fingerprint density at radius 2 is 2.08 bits per heavy atom. The number of methoxy groups -OCH3 is 1. The molecule has 0 amide bonds. The summed E-state index contributed by atoms with van der Waals surface area (Å²) in [5, 5.41) is 22.7. The number of ether oxygens (including phenoxy) is 3. The molecule has 2 heterocycles. The Morgan fingerprint density at radius 3 is 2.68 bits per heavy atom. The van der Waals surface area contributed by atoms with Crippen molar-refractivity contribution in [3.8, 4) is 0 Å². The Bertz CT molecular complexity index is 735. The van der Waals surface area contributed by atoms with Gasteiger partial charge >= 0.3 is 17.9 Å². The number of esters is 3. The molecule has 25 heavy (non-hydrogen) atoms. The van der Waals surface area contributed by atoms with Gasteiger partial charge in [0.15, 0.2) is 0 Å². The lowest BCUT2D eigenvalue weighted by atomic mass is 9.81. The Hall–Kier alpha value is -2.23. The smallest absolute Gasteiger partial charge is 0.348 e. The number of cyclic esters (lactones) is 1. The fraction of sp³-hybridized carbons (Fsp3) is 0.438. The number of hydrogen-bond donors (Lipinski definition) is 2. The number of hydrogen-bond acceptors (Lipinski definition) is 9. The maximum atomic E-state index is 12.3. The molecule has 1 aliphatic carbocycles. The van der Waals surface area contributed by atoms with E-state index in [1.165, 1.54) is 13.0 Å². The average molecular weight is 368 g/mol. The third-order valence-corrected chi connectivity index (χ3v) is 5.40. The lowest BCUT2D eigenvalue weighted by molar-refractivity contribution is -0.158. The first-order chi connectivity index (χ1) is 11.8. The zero-order valence-corrected chi connectivity index (χ0v) is 14.2. The molecule has 1 saturated carbocycles. The number of carbonyl (C=O) groups excluding carboxylic acids is 3. The zero-order valence-electron chi connectivity index (χ0n) is 13.4. The van der Waals surface area contributed by atoms with Crippen LogP contribution < -0.4 is 0 Å². The minimum atomic E-state index is -1.95. The number of aliphatic hydroxyl groups excluding tert-OH is 1. The number of rotatable bonds is 3. The molecular formula is C16H16O8S. The second-order valence-electron chi connectivity index (χ2n) is 6.02. The van der Waals surface area contributed by atoms with Gasteiger partial charge in [0.2, 0.25) is 0 Å². The van der Waals surface area contributed by atoms with Crippen molar-refractivity contribution >= 4 is 29.2 Å². The molecule has 134 valence electrons. The first-order valence-corrected chi connectivity index (χ1v) is 8.30. The summed E-state index contributed by atoms with van der Waals surface area (Å²) in [6, 6.07) is 3.19. The van der Waals surface area contributed by atoms with E-state index >= 15 is 0 Å². The molecule has 1 aromatic rings. The topological polar surface area (TPSA) is 119 Å². The van der Waals surface area contributed by atoms with Gasteiger partial charge in [0, 0.05) is 0 Å². The molecule has 0 bridgehead atoms. The molecule has 1 aromatic heterocycles. The van der Waals surface area contributed by atoms with Gasteiger partial charge in [0.1, 0.15) is 28.9 Å². The summed E-state index contributed by atoms with van der Waals surface area (Å²) in [7, 11) is 1.14. The largest absolute Gasteiger partial charge is 0.466 e. The molecule has 2 N–H and O–H groups in total. The highest BCUT2D eigenvalue weighted by Gasteiger charge is 2.65. The third kappa shape index (κ3) is 2.74. The van der Waals surface area contributed by atoms with Crippen LogP contribution in [0.15, 0.2) is 29.3 Å². The Labute approximate surface area is 146 Å². The van der Waals surface area contributed by atoms with Crippen molar-refractivity contribution in [2.75, 3.05) is 7.11 Å². The van der Waals surface area contributed by atoms with Crippen LogP contribution in [-0.4, -0.2) is 53.0 Å². The van der Waals surface area contributed by atoms with Gasteiger partial charge in [0.25, 0.3) is 0 Å². The summed E-state index contributed by atoms with van der Waals surface area (Å²) in [6.45, 7) is 1.23. The molecule has 0 aromatic carbocycles. The van der Waals surface area contributed by atoms with Gasteiger partial charge in [-0.3, -0.25) is 4.79 Å². The summed E-state index contributed by atoms with van der Waals surface area (Å²) in [6.07, 6.45) is -1.99. The van der Waals surface area contributed by atoms with Crippen molar-refractivity contribution in [1.82, 2.24) is 0 Å². The predicted molar refractivity (Wildman–Crippen MR) is 83.3 cm³/mol. The van der Waals surface area contributed by atoms with E-state index in [1.54, 1.807) is 11.4 Å². The molecule has 0 unspecified atom stereocenters. The van der Waals surface area contributed by atoms with Crippen LogP contribution in [0.1, 0.15) is 16.6 Å². The molecule has 9 heteroatoms. The van der Waals surface area contributed by atoms with Crippen molar-refractivity contribution in [3.05, 3.63) is 34.2 Å². The van der Waals surface area contributed by atoms with Gasteiger partial charge in [0.05, 0.1) is 24.5 Å². The van der Waals surface area contributed by atoms with E-state index in [2.05, 4.69) is 4.74 Å². The Morgan fingerprint density at radius 1 is 1.36 bits per heavy atom. The zero-order chi connectivity index (χ0) is 18.4. The van der Waals surface area contributed by atoms with Crippen LogP contribution in [0.4, 0.5) is 0 Å². The number of fused-ring (bicyclic) bond motifs is 1. The summed E-state index contributed by atoms with van der Waals surface area (Å²) in [5.74, 6) is -4.70. The van der Waals surface area contributed by atoms with E-state index in [1.807, 2.05) is 0 Å². The summed E-state index contributed by atoms with van der Waals surface area (Å²) < 4.78 is 14.8. The van der Waals surface area contributed by atoms with Gasteiger partial charge in [-0.05, 0) is 18.4 Å².